The summed E-state index contributed by atoms with van der Waals surface area (Å²) in [5, 5.41) is 13.9. The number of rotatable bonds is 9. The molecule has 1 aromatic rings. The summed E-state index contributed by atoms with van der Waals surface area (Å²) in [6.45, 7) is 2.77. The number of nitro groups is 1. The van der Waals surface area contributed by atoms with Crippen LogP contribution in [0.1, 0.15) is 0 Å². The number of anilines is 1. The number of nitro benzene ring substituents is 1. The highest BCUT2D eigenvalue weighted by molar-refractivity contribution is 5.57. The van der Waals surface area contributed by atoms with Gasteiger partial charge in [-0.05, 0) is 20.2 Å². The van der Waals surface area contributed by atoms with Crippen molar-refractivity contribution in [3.05, 3.63) is 28.3 Å². The molecule has 7 nitrogen and oxygen atoms in total. The van der Waals surface area contributed by atoms with E-state index in [0.29, 0.717) is 19.8 Å². The van der Waals surface area contributed by atoms with Crippen LogP contribution < -0.4 is 10.1 Å². The van der Waals surface area contributed by atoms with Crippen molar-refractivity contribution < 1.29 is 14.4 Å². The lowest BCUT2D eigenvalue weighted by Gasteiger charge is -2.11. The standard InChI is InChI=1S/C13H21N3O4/c1-15(2)7-9-20-8-6-14-11-4-5-12(16(17)18)13(10-11)19-3/h4-5,10,14H,6-9H2,1-3H3. The lowest BCUT2D eigenvalue weighted by Crippen LogP contribution is -2.20. The molecule has 0 saturated carbocycles. The maximum absolute atomic E-state index is 10.8. The minimum Gasteiger partial charge on any atom is -0.490 e. The first kappa shape index (κ1) is 16.2. The number of nitrogens with zero attached hydrogens (tertiary/aromatic N) is 2. The van der Waals surface area contributed by atoms with Gasteiger partial charge in [0.1, 0.15) is 0 Å². The van der Waals surface area contributed by atoms with Gasteiger partial charge in [-0.2, -0.15) is 0 Å². The highest BCUT2D eigenvalue weighted by atomic mass is 16.6. The summed E-state index contributed by atoms with van der Waals surface area (Å²) in [7, 11) is 5.39. The number of benzene rings is 1. The Hall–Kier alpha value is -1.86. The number of likely N-dealkylation sites (N-methyl/N-ethyl adjacent to an activating group) is 1. The van der Waals surface area contributed by atoms with Crippen LogP contribution in [0.25, 0.3) is 0 Å². The van der Waals surface area contributed by atoms with Crippen LogP contribution in [0.2, 0.25) is 0 Å². The van der Waals surface area contributed by atoms with E-state index in [1.54, 1.807) is 12.1 Å². The molecule has 0 heterocycles. The van der Waals surface area contributed by atoms with Gasteiger partial charge in [-0.25, -0.2) is 0 Å². The molecule has 0 atom stereocenters. The highest BCUT2D eigenvalue weighted by Gasteiger charge is 2.14. The fourth-order valence-electron chi connectivity index (χ4n) is 1.56. The van der Waals surface area contributed by atoms with Gasteiger partial charge in [-0.3, -0.25) is 10.1 Å². The summed E-state index contributed by atoms with van der Waals surface area (Å²) in [6.07, 6.45) is 0. The Labute approximate surface area is 118 Å². The zero-order valence-corrected chi connectivity index (χ0v) is 12.1. The predicted octanol–water partition coefficient (Wildman–Crippen LogP) is 1.59. The molecule has 1 aromatic carbocycles. The van der Waals surface area contributed by atoms with Crippen molar-refractivity contribution in [1.82, 2.24) is 4.90 Å². The smallest absolute Gasteiger partial charge is 0.311 e. The third-order valence-corrected chi connectivity index (χ3v) is 2.63. The van der Waals surface area contributed by atoms with Crippen molar-refractivity contribution in [3.63, 3.8) is 0 Å². The molecule has 0 saturated heterocycles. The van der Waals surface area contributed by atoms with Gasteiger partial charge in [0.05, 0.1) is 25.2 Å². The summed E-state index contributed by atoms with van der Waals surface area (Å²) in [6, 6.07) is 4.69. The largest absolute Gasteiger partial charge is 0.490 e. The maximum atomic E-state index is 10.8. The normalized spacial score (nSPS) is 10.6. The van der Waals surface area contributed by atoms with Gasteiger partial charge in [0.2, 0.25) is 0 Å². The first-order valence-corrected chi connectivity index (χ1v) is 6.33. The fourth-order valence-corrected chi connectivity index (χ4v) is 1.56. The summed E-state index contributed by atoms with van der Waals surface area (Å²) in [4.78, 5) is 12.3. The molecule has 0 bridgehead atoms. The van der Waals surface area contributed by atoms with Gasteiger partial charge in [0.15, 0.2) is 5.75 Å². The predicted molar refractivity (Wildman–Crippen MR) is 77.5 cm³/mol. The van der Waals surface area contributed by atoms with E-state index >= 15 is 0 Å². The van der Waals surface area contributed by atoms with E-state index < -0.39 is 4.92 Å². The summed E-state index contributed by atoms with van der Waals surface area (Å²) in [5.74, 6) is 0.244. The molecule has 0 radical (unpaired) electrons. The topological polar surface area (TPSA) is 76.9 Å². The fraction of sp³-hybridized carbons (Fsp3) is 0.538. The van der Waals surface area contributed by atoms with E-state index in [2.05, 4.69) is 10.2 Å². The van der Waals surface area contributed by atoms with Gasteiger partial charge >= 0.3 is 5.69 Å². The van der Waals surface area contributed by atoms with Crippen molar-refractivity contribution >= 4 is 11.4 Å². The Morgan fingerprint density at radius 3 is 2.70 bits per heavy atom. The van der Waals surface area contributed by atoms with Gasteiger partial charge in [-0.15, -0.1) is 0 Å². The Bertz CT molecular complexity index is 438. The number of hydrogen-bond acceptors (Lipinski definition) is 6. The first-order valence-electron chi connectivity index (χ1n) is 6.33. The van der Waals surface area contributed by atoms with Crippen LogP contribution >= 0.6 is 0 Å². The van der Waals surface area contributed by atoms with Crippen LogP contribution in [0.3, 0.4) is 0 Å². The van der Waals surface area contributed by atoms with Crippen molar-refractivity contribution in [2.45, 2.75) is 0 Å². The van der Waals surface area contributed by atoms with E-state index in [9.17, 15) is 10.1 Å². The van der Waals surface area contributed by atoms with E-state index in [4.69, 9.17) is 9.47 Å². The summed E-state index contributed by atoms with van der Waals surface area (Å²) >= 11 is 0. The molecule has 0 spiro atoms. The molecule has 7 heteroatoms. The zero-order valence-electron chi connectivity index (χ0n) is 12.1. The third kappa shape index (κ3) is 5.41. The van der Waals surface area contributed by atoms with Crippen LogP contribution in [0.5, 0.6) is 5.75 Å². The average molecular weight is 283 g/mol. The minimum atomic E-state index is -0.465. The maximum Gasteiger partial charge on any atom is 0.311 e. The number of ether oxygens (including phenoxy) is 2. The second-order valence-corrected chi connectivity index (χ2v) is 4.49. The Balaban J connectivity index is 2.39. The van der Waals surface area contributed by atoms with Crippen LogP contribution in [-0.4, -0.2) is 57.3 Å². The second-order valence-electron chi connectivity index (χ2n) is 4.49. The van der Waals surface area contributed by atoms with Crippen LogP contribution in [-0.2, 0) is 4.74 Å². The van der Waals surface area contributed by atoms with E-state index in [1.807, 2.05) is 14.1 Å². The summed E-state index contributed by atoms with van der Waals surface area (Å²) < 4.78 is 10.4. The van der Waals surface area contributed by atoms with Crippen molar-refractivity contribution in [2.24, 2.45) is 0 Å². The quantitative estimate of drug-likeness (QED) is 0.421. The molecule has 20 heavy (non-hydrogen) atoms. The Morgan fingerprint density at radius 2 is 2.10 bits per heavy atom. The highest BCUT2D eigenvalue weighted by Crippen LogP contribution is 2.29. The molecule has 0 aliphatic carbocycles. The van der Waals surface area contributed by atoms with E-state index in [-0.39, 0.29) is 11.4 Å². The first-order chi connectivity index (χ1) is 9.54. The molecule has 1 N–H and O–H groups in total. The Morgan fingerprint density at radius 1 is 1.35 bits per heavy atom. The number of methoxy groups -OCH3 is 1. The molecular weight excluding hydrogens is 262 g/mol. The van der Waals surface area contributed by atoms with Crippen LogP contribution in [0.15, 0.2) is 18.2 Å². The zero-order chi connectivity index (χ0) is 15.0. The van der Waals surface area contributed by atoms with E-state index in [1.165, 1.54) is 13.2 Å². The lowest BCUT2D eigenvalue weighted by molar-refractivity contribution is -0.385. The van der Waals surface area contributed by atoms with Gasteiger partial charge in [0, 0.05) is 30.9 Å². The molecule has 1 rings (SSSR count). The molecule has 0 aliphatic heterocycles. The molecule has 0 unspecified atom stereocenters. The molecule has 112 valence electrons. The molecule has 0 fully saturated rings. The monoisotopic (exact) mass is 283 g/mol. The second kappa shape index (κ2) is 8.34. The minimum absolute atomic E-state index is 0.0414. The van der Waals surface area contributed by atoms with E-state index in [0.717, 1.165) is 12.2 Å². The van der Waals surface area contributed by atoms with Crippen LogP contribution in [0.4, 0.5) is 11.4 Å². The van der Waals surface area contributed by atoms with Gasteiger partial charge in [0.25, 0.3) is 0 Å². The number of hydrogen-bond donors (Lipinski definition) is 1. The third-order valence-electron chi connectivity index (χ3n) is 2.63. The average Bonchev–Trinajstić information content (AvgIpc) is 2.41. The molecular formula is C13H21N3O4. The van der Waals surface area contributed by atoms with Crippen molar-refractivity contribution in [2.75, 3.05) is 52.8 Å². The summed E-state index contributed by atoms with van der Waals surface area (Å²) in [5.41, 5.74) is 0.726. The number of nitrogens with one attached hydrogen (secondary N) is 1. The van der Waals surface area contributed by atoms with Gasteiger partial charge in [-0.1, -0.05) is 0 Å². The van der Waals surface area contributed by atoms with Crippen LogP contribution in [0, 0.1) is 10.1 Å². The Kier molecular flexibility index (Phi) is 6.75. The van der Waals surface area contributed by atoms with Gasteiger partial charge < -0.3 is 19.7 Å². The van der Waals surface area contributed by atoms with Crippen molar-refractivity contribution in [1.29, 1.82) is 0 Å². The van der Waals surface area contributed by atoms with Crippen molar-refractivity contribution in [3.8, 4) is 5.75 Å². The lowest BCUT2D eigenvalue weighted by atomic mass is 10.2. The SMILES string of the molecule is COc1cc(NCCOCCN(C)C)ccc1[N+](=O)[O-]. The molecule has 0 aromatic heterocycles. The molecule has 0 amide bonds. The molecule has 0 aliphatic rings.